The maximum Gasteiger partial charge on any atom is 0.338 e. The van der Waals surface area contributed by atoms with Gasteiger partial charge in [0.25, 0.3) is 0 Å². The summed E-state index contributed by atoms with van der Waals surface area (Å²) in [4.78, 5) is 68.6. The molecule has 2 amide bonds. The van der Waals surface area contributed by atoms with Crippen molar-refractivity contribution in [1.29, 1.82) is 0 Å². The summed E-state index contributed by atoms with van der Waals surface area (Å²) in [5.74, 6) is -5.43. The van der Waals surface area contributed by atoms with Crippen LogP contribution in [0.5, 0.6) is 0 Å². The fraction of sp³-hybridized carbons (Fsp3) is 0.207. The van der Waals surface area contributed by atoms with Crippen molar-refractivity contribution in [3.05, 3.63) is 98.6 Å². The number of ketones is 2. The van der Waals surface area contributed by atoms with Crippen LogP contribution in [0.15, 0.2) is 72.8 Å². The number of benzene rings is 3. The first-order valence-corrected chi connectivity index (χ1v) is 13.1. The zero-order valence-electron chi connectivity index (χ0n) is 20.1. The lowest BCUT2D eigenvalue weighted by molar-refractivity contribution is -0.127. The normalized spacial score (nSPS) is 23.2. The Morgan fingerprint density at radius 3 is 2.08 bits per heavy atom. The number of carbonyl (C=O) groups excluding carboxylic acids is 5. The number of hydrogen-bond donors (Lipinski definition) is 0. The smallest absolute Gasteiger partial charge is 0.338 e. The molecule has 2 saturated heterocycles. The van der Waals surface area contributed by atoms with Crippen LogP contribution in [-0.4, -0.2) is 41.6 Å². The molecule has 0 unspecified atom stereocenters. The van der Waals surface area contributed by atoms with Crippen LogP contribution in [0.1, 0.15) is 49.7 Å². The Morgan fingerprint density at radius 2 is 1.50 bits per heavy atom. The molecule has 9 heteroatoms. The number of rotatable bonds is 4. The van der Waals surface area contributed by atoms with Gasteiger partial charge < -0.3 is 9.47 Å². The molecule has 3 atom stereocenters. The van der Waals surface area contributed by atoms with E-state index in [9.17, 15) is 24.0 Å². The molecule has 2 aliphatic heterocycles. The predicted octanol–water partition coefficient (Wildman–Crippen LogP) is 4.16. The number of nitrogens with zero attached hydrogens (tertiary/aromatic N) is 1. The molecule has 3 aromatic rings. The van der Waals surface area contributed by atoms with E-state index < -0.39 is 52.9 Å². The monoisotopic (exact) mass is 621 g/mol. The van der Waals surface area contributed by atoms with Crippen molar-refractivity contribution in [2.75, 3.05) is 11.5 Å². The highest BCUT2D eigenvalue weighted by Gasteiger charge is 2.74. The van der Waals surface area contributed by atoms with Gasteiger partial charge in [0.2, 0.25) is 29.0 Å². The summed E-state index contributed by atoms with van der Waals surface area (Å²) in [6.07, 6.45) is -0.987. The summed E-state index contributed by atoms with van der Waals surface area (Å²) < 4.78 is 12.2. The summed E-state index contributed by atoms with van der Waals surface area (Å²) in [7, 11) is 0. The van der Waals surface area contributed by atoms with Crippen molar-refractivity contribution < 1.29 is 33.4 Å². The molecule has 0 saturated carbocycles. The van der Waals surface area contributed by atoms with Crippen molar-refractivity contribution in [2.24, 2.45) is 11.8 Å². The van der Waals surface area contributed by atoms with Gasteiger partial charge in [-0.2, -0.15) is 0 Å². The number of imide groups is 1. The van der Waals surface area contributed by atoms with Crippen molar-refractivity contribution >= 4 is 57.6 Å². The third kappa shape index (κ3) is 3.34. The second-order valence-electron chi connectivity index (χ2n) is 9.31. The Morgan fingerprint density at radius 1 is 0.895 bits per heavy atom. The molecule has 3 aliphatic rings. The van der Waals surface area contributed by atoms with Crippen LogP contribution in [0.2, 0.25) is 0 Å². The first-order chi connectivity index (χ1) is 18.3. The maximum absolute atomic E-state index is 14.0. The standard InChI is InChI=1S/C29H20INO7/c1-2-37-28(36)16-9-13-18(14-10-16)31-26(34)21-22(27(31)35)29(38-23(21)15-7-11-17(30)12-8-15)24(32)19-5-3-4-6-20(19)25(29)33/h3-14,21-23H,2H2,1H3/t21-,22+,23-/m0/s1. The molecule has 0 N–H and O–H groups in total. The number of Topliss-reactive ketones (excluding diaryl/α,β-unsaturated/α-hetero) is 2. The number of esters is 1. The number of carbonyl (C=O) groups is 5. The van der Waals surface area contributed by atoms with Gasteiger partial charge in [0.05, 0.1) is 35.8 Å². The van der Waals surface area contributed by atoms with Gasteiger partial charge in [-0.1, -0.05) is 36.4 Å². The molecular weight excluding hydrogens is 601 g/mol. The van der Waals surface area contributed by atoms with Crippen molar-refractivity contribution in [3.8, 4) is 0 Å². The number of anilines is 1. The van der Waals surface area contributed by atoms with Crippen LogP contribution >= 0.6 is 22.6 Å². The highest BCUT2D eigenvalue weighted by molar-refractivity contribution is 14.1. The summed E-state index contributed by atoms with van der Waals surface area (Å²) in [5.41, 5.74) is -0.685. The Balaban J connectivity index is 1.46. The maximum atomic E-state index is 14.0. The van der Waals surface area contributed by atoms with E-state index in [4.69, 9.17) is 9.47 Å². The molecule has 0 radical (unpaired) electrons. The van der Waals surface area contributed by atoms with Gasteiger partial charge in [-0.05, 0) is 71.5 Å². The van der Waals surface area contributed by atoms with E-state index in [-0.39, 0.29) is 29.0 Å². The van der Waals surface area contributed by atoms with E-state index in [1.807, 2.05) is 12.1 Å². The van der Waals surface area contributed by atoms with Gasteiger partial charge in [-0.25, -0.2) is 9.69 Å². The largest absolute Gasteiger partial charge is 0.462 e. The molecule has 0 bridgehead atoms. The Bertz CT molecular complexity index is 1490. The van der Waals surface area contributed by atoms with E-state index in [1.165, 1.54) is 36.4 Å². The fourth-order valence-corrected chi connectivity index (χ4v) is 6.05. The third-order valence-electron chi connectivity index (χ3n) is 7.35. The molecule has 8 nitrogen and oxygen atoms in total. The third-order valence-corrected chi connectivity index (χ3v) is 8.07. The molecule has 6 rings (SSSR count). The number of fused-ring (bicyclic) bond motifs is 3. The van der Waals surface area contributed by atoms with Crippen LogP contribution in [0.25, 0.3) is 0 Å². The summed E-state index contributed by atoms with van der Waals surface area (Å²) in [5, 5.41) is 0. The minimum atomic E-state index is -2.13. The topological polar surface area (TPSA) is 107 Å². The highest BCUT2D eigenvalue weighted by atomic mass is 127. The van der Waals surface area contributed by atoms with Crippen LogP contribution in [0.4, 0.5) is 5.69 Å². The number of hydrogen-bond acceptors (Lipinski definition) is 7. The lowest BCUT2D eigenvalue weighted by atomic mass is 9.77. The Hall–Kier alpha value is -3.70. The minimum absolute atomic E-state index is 0.178. The number of halogens is 1. The molecule has 0 aromatic heterocycles. The van der Waals surface area contributed by atoms with Crippen LogP contribution in [0.3, 0.4) is 0 Å². The summed E-state index contributed by atoms with van der Waals surface area (Å²) in [6.45, 7) is 1.90. The summed E-state index contributed by atoms with van der Waals surface area (Å²) >= 11 is 2.15. The quantitative estimate of drug-likeness (QED) is 0.187. The molecule has 190 valence electrons. The van der Waals surface area contributed by atoms with Gasteiger partial charge in [-0.3, -0.25) is 19.2 Å². The molecule has 1 spiro atoms. The van der Waals surface area contributed by atoms with Crippen LogP contribution in [0, 0.1) is 15.4 Å². The van der Waals surface area contributed by atoms with Crippen LogP contribution in [-0.2, 0) is 19.1 Å². The van der Waals surface area contributed by atoms with Gasteiger partial charge in [-0.15, -0.1) is 0 Å². The molecule has 3 aromatic carbocycles. The zero-order valence-corrected chi connectivity index (χ0v) is 22.2. The molecule has 38 heavy (non-hydrogen) atoms. The lowest BCUT2D eigenvalue weighted by Crippen LogP contribution is -2.51. The average molecular weight is 621 g/mol. The van der Waals surface area contributed by atoms with E-state index >= 15 is 0 Å². The van der Waals surface area contributed by atoms with E-state index in [0.717, 1.165) is 8.47 Å². The molecule has 2 fully saturated rings. The van der Waals surface area contributed by atoms with Crippen LogP contribution < -0.4 is 4.90 Å². The highest BCUT2D eigenvalue weighted by Crippen LogP contribution is 2.57. The fourth-order valence-electron chi connectivity index (χ4n) is 5.69. The minimum Gasteiger partial charge on any atom is -0.462 e. The van der Waals surface area contributed by atoms with E-state index in [2.05, 4.69) is 22.6 Å². The summed E-state index contributed by atoms with van der Waals surface area (Å²) in [6, 6.07) is 19.5. The number of amides is 2. The van der Waals surface area contributed by atoms with Gasteiger partial charge in [0.15, 0.2) is 0 Å². The molecular formula is C29H20INO7. The first kappa shape index (κ1) is 24.6. The van der Waals surface area contributed by atoms with E-state index in [0.29, 0.717) is 5.56 Å². The lowest BCUT2D eigenvalue weighted by Gasteiger charge is -2.27. The van der Waals surface area contributed by atoms with Crippen molar-refractivity contribution in [1.82, 2.24) is 0 Å². The SMILES string of the molecule is CCOC(=O)c1ccc(N2C(=O)[C@@H]3[C@H](c4ccc(I)cc4)OC4(C(=O)c5ccccc5C4=O)[C@H]3C2=O)cc1. The van der Waals surface area contributed by atoms with Crippen molar-refractivity contribution in [3.63, 3.8) is 0 Å². The predicted molar refractivity (Wildman–Crippen MR) is 143 cm³/mol. The molecule has 1 aliphatic carbocycles. The van der Waals surface area contributed by atoms with Gasteiger partial charge in [0.1, 0.15) is 0 Å². The second kappa shape index (κ2) is 8.95. The average Bonchev–Trinajstić information content (AvgIpc) is 3.49. The Kier molecular flexibility index (Phi) is 5.80. The van der Waals surface area contributed by atoms with Gasteiger partial charge in [0, 0.05) is 14.7 Å². The Labute approximate surface area is 231 Å². The first-order valence-electron chi connectivity index (χ1n) is 12.1. The number of ether oxygens (including phenoxy) is 2. The zero-order chi connectivity index (χ0) is 26.8. The molecule has 2 heterocycles. The van der Waals surface area contributed by atoms with Crippen molar-refractivity contribution in [2.45, 2.75) is 18.6 Å². The second-order valence-corrected chi connectivity index (χ2v) is 10.6. The van der Waals surface area contributed by atoms with Gasteiger partial charge >= 0.3 is 5.97 Å². The van der Waals surface area contributed by atoms with E-state index in [1.54, 1.807) is 31.2 Å².